The minimum absolute atomic E-state index is 0.192. The Bertz CT molecular complexity index is 1200. The Kier molecular flexibility index (Phi) is 5.86. The van der Waals surface area contributed by atoms with E-state index >= 15 is 0 Å². The number of carbonyl (C=O) groups excluding carboxylic acids is 1. The molecule has 5 nitrogen and oxygen atoms in total. The average molecular weight is 465 g/mol. The van der Waals surface area contributed by atoms with E-state index in [1.54, 1.807) is 18.2 Å². The van der Waals surface area contributed by atoms with Gasteiger partial charge in [-0.2, -0.15) is 0 Å². The zero-order valence-corrected chi connectivity index (χ0v) is 18.3. The Morgan fingerprint density at radius 3 is 2.63 bits per heavy atom. The first-order valence-electron chi connectivity index (χ1n) is 9.81. The van der Waals surface area contributed by atoms with Crippen molar-refractivity contribution in [1.82, 2.24) is 4.98 Å². The standard InChI is InChI=1S/C24H21BrN2O3/c1-3-15-12-20(25)22-21(13-15)27-24(30-22)16-8-10-18(11-9-16)26-23(28)17-6-5-7-19(14-17)29-4-2/h5-14H,3-4H2,1-2H3,(H,26,28). The number of hydrogen-bond donors (Lipinski definition) is 1. The lowest BCUT2D eigenvalue weighted by Gasteiger charge is -2.08. The van der Waals surface area contributed by atoms with Gasteiger partial charge < -0.3 is 14.5 Å². The number of rotatable bonds is 6. The van der Waals surface area contributed by atoms with Crippen LogP contribution in [0, 0.1) is 0 Å². The van der Waals surface area contributed by atoms with Crippen LogP contribution in [-0.4, -0.2) is 17.5 Å². The maximum absolute atomic E-state index is 12.5. The fourth-order valence-corrected chi connectivity index (χ4v) is 3.75. The number of oxazole rings is 1. The molecular weight excluding hydrogens is 444 g/mol. The first kappa shape index (κ1) is 20.2. The van der Waals surface area contributed by atoms with Gasteiger partial charge in [-0.05, 0) is 89.4 Å². The van der Waals surface area contributed by atoms with Gasteiger partial charge in [-0.3, -0.25) is 4.79 Å². The Balaban J connectivity index is 1.53. The van der Waals surface area contributed by atoms with Crippen molar-refractivity contribution in [3.8, 4) is 17.2 Å². The average Bonchev–Trinajstić information content (AvgIpc) is 3.19. The highest BCUT2D eigenvalue weighted by Gasteiger charge is 2.13. The summed E-state index contributed by atoms with van der Waals surface area (Å²) in [6.07, 6.45) is 0.929. The third-order valence-electron chi connectivity index (χ3n) is 4.71. The van der Waals surface area contributed by atoms with Crippen LogP contribution in [0.15, 0.2) is 69.6 Å². The molecule has 30 heavy (non-hydrogen) atoms. The Morgan fingerprint density at radius 2 is 1.90 bits per heavy atom. The van der Waals surface area contributed by atoms with Crippen molar-refractivity contribution in [3.05, 3.63) is 76.3 Å². The van der Waals surface area contributed by atoms with Gasteiger partial charge >= 0.3 is 0 Å². The second-order valence-corrected chi connectivity index (χ2v) is 7.65. The third-order valence-corrected chi connectivity index (χ3v) is 5.30. The van der Waals surface area contributed by atoms with Crippen LogP contribution in [0.3, 0.4) is 0 Å². The lowest BCUT2D eigenvalue weighted by atomic mass is 10.1. The molecule has 0 radical (unpaired) electrons. The summed E-state index contributed by atoms with van der Waals surface area (Å²) in [5.41, 5.74) is 4.82. The van der Waals surface area contributed by atoms with E-state index in [-0.39, 0.29) is 5.91 Å². The van der Waals surface area contributed by atoms with Crippen LogP contribution in [0.1, 0.15) is 29.8 Å². The number of anilines is 1. The van der Waals surface area contributed by atoms with Crippen LogP contribution >= 0.6 is 15.9 Å². The van der Waals surface area contributed by atoms with Gasteiger partial charge in [0.2, 0.25) is 5.89 Å². The fraction of sp³-hybridized carbons (Fsp3) is 0.167. The first-order chi connectivity index (χ1) is 14.6. The lowest BCUT2D eigenvalue weighted by molar-refractivity contribution is 0.102. The number of nitrogens with one attached hydrogen (secondary N) is 1. The van der Waals surface area contributed by atoms with E-state index in [2.05, 4.69) is 39.2 Å². The Hall–Kier alpha value is -3.12. The van der Waals surface area contributed by atoms with Gasteiger partial charge in [-0.15, -0.1) is 0 Å². The lowest BCUT2D eigenvalue weighted by Crippen LogP contribution is -2.11. The van der Waals surface area contributed by atoms with E-state index in [0.717, 1.165) is 27.6 Å². The second kappa shape index (κ2) is 8.71. The van der Waals surface area contributed by atoms with Gasteiger partial charge in [0, 0.05) is 16.8 Å². The molecule has 1 heterocycles. The summed E-state index contributed by atoms with van der Waals surface area (Å²) in [7, 11) is 0. The molecule has 4 aromatic rings. The van der Waals surface area contributed by atoms with Crippen LogP contribution in [0.4, 0.5) is 5.69 Å². The molecule has 0 saturated heterocycles. The van der Waals surface area contributed by atoms with Crippen molar-refractivity contribution < 1.29 is 13.9 Å². The van der Waals surface area contributed by atoms with Crippen molar-refractivity contribution >= 4 is 38.6 Å². The molecule has 0 aliphatic carbocycles. The summed E-state index contributed by atoms with van der Waals surface area (Å²) in [4.78, 5) is 17.2. The summed E-state index contributed by atoms with van der Waals surface area (Å²) in [6.45, 7) is 4.57. The van der Waals surface area contributed by atoms with Crippen molar-refractivity contribution in [2.75, 3.05) is 11.9 Å². The fourth-order valence-electron chi connectivity index (χ4n) is 3.17. The van der Waals surface area contributed by atoms with Crippen LogP contribution < -0.4 is 10.1 Å². The molecule has 0 aliphatic rings. The van der Waals surface area contributed by atoms with Gasteiger partial charge in [0.15, 0.2) is 5.58 Å². The van der Waals surface area contributed by atoms with Crippen LogP contribution in [0.5, 0.6) is 5.75 Å². The molecule has 0 aliphatic heterocycles. The van der Waals surface area contributed by atoms with Crippen molar-refractivity contribution in [1.29, 1.82) is 0 Å². The van der Waals surface area contributed by atoms with Gasteiger partial charge in [0.05, 0.1) is 11.1 Å². The number of hydrogen-bond acceptors (Lipinski definition) is 4. The van der Waals surface area contributed by atoms with Gasteiger partial charge in [0.1, 0.15) is 11.3 Å². The summed E-state index contributed by atoms with van der Waals surface area (Å²) < 4.78 is 12.3. The maximum Gasteiger partial charge on any atom is 0.255 e. The summed E-state index contributed by atoms with van der Waals surface area (Å²) in [6, 6.07) is 18.6. The number of amides is 1. The van der Waals surface area contributed by atoms with Crippen molar-refractivity contribution in [2.24, 2.45) is 0 Å². The second-order valence-electron chi connectivity index (χ2n) is 6.79. The van der Waals surface area contributed by atoms with Crippen LogP contribution in [-0.2, 0) is 6.42 Å². The molecule has 1 aromatic heterocycles. The number of aromatic nitrogens is 1. The molecule has 0 bridgehead atoms. The number of ether oxygens (including phenoxy) is 1. The minimum atomic E-state index is -0.192. The van der Waals surface area contributed by atoms with E-state index in [1.807, 2.05) is 43.3 Å². The molecule has 1 N–H and O–H groups in total. The Labute approximate surface area is 183 Å². The minimum Gasteiger partial charge on any atom is -0.494 e. The van der Waals surface area contributed by atoms with E-state index in [1.165, 1.54) is 5.56 Å². The maximum atomic E-state index is 12.5. The normalized spacial score (nSPS) is 10.9. The SMILES string of the molecule is CCOc1cccc(C(=O)Nc2ccc(-c3nc4cc(CC)cc(Br)c4o3)cc2)c1. The predicted molar refractivity (Wildman–Crippen MR) is 122 cm³/mol. The quantitative estimate of drug-likeness (QED) is 0.355. The number of fused-ring (bicyclic) bond motifs is 1. The molecule has 152 valence electrons. The summed E-state index contributed by atoms with van der Waals surface area (Å²) >= 11 is 3.56. The number of carbonyl (C=O) groups is 1. The molecular formula is C24H21BrN2O3. The zero-order chi connectivity index (χ0) is 21.1. The molecule has 0 spiro atoms. The van der Waals surface area contributed by atoms with Gasteiger partial charge in [0.25, 0.3) is 5.91 Å². The molecule has 0 atom stereocenters. The zero-order valence-electron chi connectivity index (χ0n) is 16.7. The largest absolute Gasteiger partial charge is 0.494 e. The summed E-state index contributed by atoms with van der Waals surface area (Å²) in [5, 5.41) is 2.90. The van der Waals surface area contributed by atoms with E-state index < -0.39 is 0 Å². The van der Waals surface area contributed by atoms with Crippen LogP contribution in [0.25, 0.3) is 22.6 Å². The molecule has 0 saturated carbocycles. The highest BCUT2D eigenvalue weighted by molar-refractivity contribution is 9.10. The topological polar surface area (TPSA) is 64.4 Å². The van der Waals surface area contributed by atoms with Crippen molar-refractivity contribution in [3.63, 3.8) is 0 Å². The molecule has 0 fully saturated rings. The predicted octanol–water partition coefficient (Wildman–Crippen LogP) is 6.47. The highest BCUT2D eigenvalue weighted by Crippen LogP contribution is 2.31. The van der Waals surface area contributed by atoms with E-state index in [9.17, 15) is 4.79 Å². The van der Waals surface area contributed by atoms with Crippen molar-refractivity contribution in [2.45, 2.75) is 20.3 Å². The van der Waals surface area contributed by atoms with Crippen LogP contribution in [0.2, 0.25) is 0 Å². The highest BCUT2D eigenvalue weighted by atomic mass is 79.9. The van der Waals surface area contributed by atoms with E-state index in [4.69, 9.17) is 9.15 Å². The van der Waals surface area contributed by atoms with Gasteiger partial charge in [-0.1, -0.05) is 13.0 Å². The number of aryl methyl sites for hydroxylation is 1. The third kappa shape index (κ3) is 4.24. The number of halogens is 1. The Morgan fingerprint density at radius 1 is 1.10 bits per heavy atom. The molecule has 0 unspecified atom stereocenters. The number of benzene rings is 3. The van der Waals surface area contributed by atoms with E-state index in [0.29, 0.717) is 29.5 Å². The molecule has 3 aromatic carbocycles. The molecule has 6 heteroatoms. The van der Waals surface area contributed by atoms with Gasteiger partial charge in [-0.25, -0.2) is 4.98 Å². The molecule has 1 amide bonds. The monoisotopic (exact) mass is 464 g/mol. The molecule has 4 rings (SSSR count). The summed E-state index contributed by atoms with van der Waals surface area (Å²) in [5.74, 6) is 1.03. The number of nitrogens with zero attached hydrogens (tertiary/aromatic N) is 1. The first-order valence-corrected chi connectivity index (χ1v) is 10.6. The smallest absolute Gasteiger partial charge is 0.255 e.